The second-order valence-electron chi connectivity index (χ2n) is 2.36. The van der Waals surface area contributed by atoms with Gasteiger partial charge in [0.1, 0.15) is 0 Å². The summed E-state index contributed by atoms with van der Waals surface area (Å²) < 4.78 is 9.32. The Morgan fingerprint density at radius 3 is 2.15 bits per heavy atom. The fraction of sp³-hybridized carbons (Fsp3) is 0.714. The van der Waals surface area contributed by atoms with E-state index >= 15 is 0 Å². The summed E-state index contributed by atoms with van der Waals surface area (Å²) in [4.78, 5) is 0. The molecule has 0 aromatic rings. The van der Waals surface area contributed by atoms with E-state index in [9.17, 15) is 5.11 Å². The molecule has 6 nitrogen and oxygen atoms in total. The van der Waals surface area contributed by atoms with Crippen LogP contribution in [-0.4, -0.2) is 48.0 Å². The zero-order chi connectivity index (χ0) is 10.5. The van der Waals surface area contributed by atoms with Gasteiger partial charge in [0.2, 0.25) is 5.91 Å². The molecule has 0 spiro atoms. The molecule has 0 amide bonds. The Labute approximate surface area is 76.4 Å². The maximum Gasteiger partial charge on any atom is 0.245 e. The van der Waals surface area contributed by atoms with Gasteiger partial charge in [0.05, 0.1) is 0 Å². The van der Waals surface area contributed by atoms with Gasteiger partial charge in [-0.05, 0) is 6.08 Å². The second-order valence-corrected chi connectivity index (χ2v) is 2.36. The summed E-state index contributed by atoms with van der Waals surface area (Å²) in [6.45, 7) is 3.14. The van der Waals surface area contributed by atoms with Crippen molar-refractivity contribution >= 4 is 0 Å². The lowest BCUT2D eigenvalue weighted by molar-refractivity contribution is -0.225. The van der Waals surface area contributed by atoms with Gasteiger partial charge in [0.25, 0.3) is 0 Å². The Kier molecular flexibility index (Phi) is 5.07. The monoisotopic (exact) mass is 193 g/mol. The lowest BCUT2D eigenvalue weighted by atomic mass is 10.4. The number of aliphatic hydroxyl groups is 3. The zero-order valence-corrected chi connectivity index (χ0v) is 7.60. The van der Waals surface area contributed by atoms with Crippen LogP contribution in [0.3, 0.4) is 0 Å². The van der Waals surface area contributed by atoms with Gasteiger partial charge in [-0.15, -0.1) is 0 Å². The molecule has 0 radical (unpaired) electrons. The SMILES string of the molecule is C=CC(O)(O)N[C@@H](O)C(OC)OC. The lowest BCUT2D eigenvalue weighted by Gasteiger charge is -2.26. The second kappa shape index (κ2) is 5.28. The molecule has 0 aliphatic heterocycles. The summed E-state index contributed by atoms with van der Waals surface area (Å²) in [6.07, 6.45) is -1.54. The number of hydrogen-bond acceptors (Lipinski definition) is 6. The molecule has 0 aromatic carbocycles. The molecule has 0 fully saturated rings. The predicted octanol–water partition coefficient (Wildman–Crippen LogP) is -1.66. The quantitative estimate of drug-likeness (QED) is 0.298. The van der Waals surface area contributed by atoms with Crippen LogP contribution in [0, 0.1) is 0 Å². The van der Waals surface area contributed by atoms with E-state index in [2.05, 4.69) is 16.1 Å². The lowest BCUT2D eigenvalue weighted by Crippen LogP contribution is -2.54. The van der Waals surface area contributed by atoms with E-state index < -0.39 is 18.4 Å². The van der Waals surface area contributed by atoms with Crippen LogP contribution in [0.15, 0.2) is 12.7 Å². The molecule has 6 heteroatoms. The molecular formula is C7H15NO5. The van der Waals surface area contributed by atoms with Gasteiger partial charge in [-0.1, -0.05) is 6.58 Å². The third-order valence-corrected chi connectivity index (χ3v) is 1.37. The smallest absolute Gasteiger partial charge is 0.245 e. The first kappa shape index (κ1) is 12.5. The molecule has 0 bridgehead atoms. The Bertz CT molecular complexity index is 157. The Morgan fingerprint density at radius 2 is 1.85 bits per heavy atom. The van der Waals surface area contributed by atoms with Crippen molar-refractivity contribution in [3.63, 3.8) is 0 Å². The number of aliphatic hydroxyl groups excluding tert-OH is 1. The minimum atomic E-state index is -2.35. The van der Waals surface area contributed by atoms with Crippen LogP contribution < -0.4 is 5.32 Å². The number of hydrogen-bond donors (Lipinski definition) is 4. The van der Waals surface area contributed by atoms with Gasteiger partial charge >= 0.3 is 0 Å². The number of methoxy groups -OCH3 is 2. The van der Waals surface area contributed by atoms with Crippen molar-refractivity contribution in [1.29, 1.82) is 0 Å². The first-order valence-corrected chi connectivity index (χ1v) is 3.56. The van der Waals surface area contributed by atoms with Crippen molar-refractivity contribution in [2.45, 2.75) is 18.4 Å². The van der Waals surface area contributed by atoms with Gasteiger partial charge in [-0.25, -0.2) is 5.32 Å². The molecule has 4 N–H and O–H groups in total. The van der Waals surface area contributed by atoms with Crippen LogP contribution in [0.5, 0.6) is 0 Å². The molecule has 0 rings (SSSR count). The van der Waals surface area contributed by atoms with Gasteiger partial charge in [-0.3, -0.25) is 0 Å². The highest BCUT2D eigenvalue weighted by Crippen LogP contribution is 2.02. The largest absolute Gasteiger partial charge is 0.373 e. The summed E-state index contributed by atoms with van der Waals surface area (Å²) in [7, 11) is 2.62. The van der Waals surface area contributed by atoms with Crippen molar-refractivity contribution in [1.82, 2.24) is 5.32 Å². The van der Waals surface area contributed by atoms with E-state index in [0.717, 1.165) is 6.08 Å². The molecule has 0 saturated carbocycles. The molecule has 0 heterocycles. The van der Waals surface area contributed by atoms with E-state index in [4.69, 9.17) is 10.2 Å². The molecule has 0 aliphatic carbocycles. The molecule has 0 aliphatic rings. The third-order valence-electron chi connectivity index (χ3n) is 1.37. The molecule has 78 valence electrons. The molecule has 0 saturated heterocycles. The third kappa shape index (κ3) is 4.32. The topological polar surface area (TPSA) is 91.2 Å². The fourth-order valence-corrected chi connectivity index (χ4v) is 0.699. The van der Waals surface area contributed by atoms with Gasteiger partial charge in [-0.2, -0.15) is 0 Å². The number of nitrogens with one attached hydrogen (secondary N) is 1. The maximum absolute atomic E-state index is 9.25. The van der Waals surface area contributed by atoms with Crippen molar-refractivity contribution < 1.29 is 24.8 Å². The highest BCUT2D eigenvalue weighted by molar-refractivity contribution is 4.84. The molecule has 13 heavy (non-hydrogen) atoms. The van der Waals surface area contributed by atoms with Crippen LogP contribution in [0.1, 0.15) is 0 Å². The molecular weight excluding hydrogens is 178 g/mol. The summed E-state index contributed by atoms with van der Waals surface area (Å²) in [6, 6.07) is 0. The van der Waals surface area contributed by atoms with Crippen LogP contribution in [0.4, 0.5) is 0 Å². The summed E-state index contributed by atoms with van der Waals surface area (Å²) >= 11 is 0. The number of ether oxygens (including phenoxy) is 2. The normalized spacial score (nSPS) is 14.6. The van der Waals surface area contributed by atoms with Crippen molar-refractivity contribution in [3.05, 3.63) is 12.7 Å². The van der Waals surface area contributed by atoms with Crippen LogP contribution in [0.2, 0.25) is 0 Å². The molecule has 0 unspecified atom stereocenters. The average molecular weight is 193 g/mol. The predicted molar refractivity (Wildman–Crippen MR) is 44.3 cm³/mol. The van der Waals surface area contributed by atoms with Crippen molar-refractivity contribution in [2.24, 2.45) is 0 Å². The summed E-state index contributed by atoms with van der Waals surface area (Å²) in [5, 5.41) is 29.2. The van der Waals surface area contributed by atoms with Crippen LogP contribution in [0.25, 0.3) is 0 Å². The first-order chi connectivity index (χ1) is 5.96. The minimum absolute atomic E-state index is 0.818. The highest BCUT2D eigenvalue weighted by Gasteiger charge is 2.27. The van der Waals surface area contributed by atoms with E-state index in [1.54, 1.807) is 0 Å². The highest BCUT2D eigenvalue weighted by atomic mass is 16.7. The Hall–Kier alpha value is -0.500. The van der Waals surface area contributed by atoms with Gasteiger partial charge in [0, 0.05) is 14.2 Å². The summed E-state index contributed by atoms with van der Waals surface area (Å²) in [5.41, 5.74) is 0. The van der Waals surface area contributed by atoms with E-state index in [1.165, 1.54) is 14.2 Å². The maximum atomic E-state index is 9.25. The van der Waals surface area contributed by atoms with Crippen molar-refractivity contribution in [2.75, 3.05) is 14.2 Å². The average Bonchev–Trinajstić information content (AvgIpc) is 2.06. The van der Waals surface area contributed by atoms with Crippen LogP contribution in [-0.2, 0) is 9.47 Å². The zero-order valence-electron chi connectivity index (χ0n) is 7.60. The fourth-order valence-electron chi connectivity index (χ4n) is 0.699. The Balaban J connectivity index is 4.11. The Morgan fingerprint density at radius 1 is 1.38 bits per heavy atom. The van der Waals surface area contributed by atoms with Crippen LogP contribution >= 0.6 is 0 Å². The summed E-state index contributed by atoms with van der Waals surface area (Å²) in [5.74, 6) is -2.35. The minimum Gasteiger partial charge on any atom is -0.373 e. The van der Waals surface area contributed by atoms with E-state index in [1.807, 2.05) is 5.32 Å². The van der Waals surface area contributed by atoms with Gasteiger partial charge < -0.3 is 24.8 Å². The molecule has 1 atom stereocenters. The van der Waals surface area contributed by atoms with Crippen molar-refractivity contribution in [3.8, 4) is 0 Å². The van der Waals surface area contributed by atoms with E-state index in [-0.39, 0.29) is 0 Å². The first-order valence-electron chi connectivity index (χ1n) is 3.56. The molecule has 0 aromatic heterocycles. The number of rotatable bonds is 6. The standard InChI is InChI=1S/C7H15NO5/c1-4-7(10,11)8-5(9)6(12-2)13-3/h4-6,8-11H,1H2,2-3H3/t5-/m0/s1. The van der Waals surface area contributed by atoms with E-state index in [0.29, 0.717) is 0 Å². The van der Waals surface area contributed by atoms with Gasteiger partial charge in [0.15, 0.2) is 12.5 Å².